The van der Waals surface area contributed by atoms with Crippen LogP contribution in [0.2, 0.25) is 0 Å². The molecule has 0 radical (unpaired) electrons. The monoisotopic (exact) mass is 328 g/mol. The molecule has 1 unspecified atom stereocenters. The molecule has 0 aromatic heterocycles. The minimum Gasteiger partial charge on any atom is -0.504 e. The number of phenolic OH excluding ortho intramolecular Hbond substituents is 2. The summed E-state index contributed by atoms with van der Waals surface area (Å²) in [6.07, 6.45) is 0.864. The van der Waals surface area contributed by atoms with Crippen LogP contribution in [0.4, 0.5) is 0 Å². The molecule has 2 aromatic carbocycles. The van der Waals surface area contributed by atoms with Gasteiger partial charge >= 0.3 is 0 Å². The molecule has 2 N–H and O–H groups in total. The summed E-state index contributed by atoms with van der Waals surface area (Å²) in [6.45, 7) is 6.55. The summed E-state index contributed by atoms with van der Waals surface area (Å²) in [7, 11) is 3.12. The number of rotatable bonds is 3. The first-order chi connectivity index (χ1) is 11.2. The maximum Gasteiger partial charge on any atom is 0.164 e. The van der Waals surface area contributed by atoms with Crippen molar-refractivity contribution < 1.29 is 19.7 Å². The van der Waals surface area contributed by atoms with Crippen LogP contribution in [0.15, 0.2) is 30.3 Å². The van der Waals surface area contributed by atoms with Crippen molar-refractivity contribution in [3.05, 3.63) is 47.0 Å². The molecule has 0 aliphatic heterocycles. The van der Waals surface area contributed by atoms with Crippen LogP contribution in [0.25, 0.3) is 0 Å². The second-order valence-corrected chi connectivity index (χ2v) is 7.32. The average molecular weight is 328 g/mol. The van der Waals surface area contributed by atoms with Gasteiger partial charge in [0.05, 0.1) is 14.2 Å². The van der Waals surface area contributed by atoms with Crippen LogP contribution in [0.5, 0.6) is 23.0 Å². The Bertz CT molecular complexity index is 794. The van der Waals surface area contributed by atoms with Crippen molar-refractivity contribution in [2.45, 2.75) is 38.0 Å². The van der Waals surface area contributed by atoms with Crippen LogP contribution in [0.3, 0.4) is 0 Å². The molecule has 0 saturated heterocycles. The van der Waals surface area contributed by atoms with Gasteiger partial charge < -0.3 is 19.7 Å². The quantitative estimate of drug-likeness (QED) is 0.890. The topological polar surface area (TPSA) is 58.9 Å². The van der Waals surface area contributed by atoms with E-state index in [0.717, 1.165) is 17.5 Å². The highest BCUT2D eigenvalue weighted by atomic mass is 16.5. The molecule has 0 fully saturated rings. The predicted molar refractivity (Wildman–Crippen MR) is 93.4 cm³/mol. The van der Waals surface area contributed by atoms with Gasteiger partial charge in [0, 0.05) is 11.0 Å². The van der Waals surface area contributed by atoms with E-state index < -0.39 is 0 Å². The molecule has 3 rings (SSSR count). The number of fused-ring (bicyclic) bond motifs is 1. The highest BCUT2D eigenvalue weighted by Crippen LogP contribution is 2.58. The molecular weight excluding hydrogens is 304 g/mol. The van der Waals surface area contributed by atoms with Crippen LogP contribution in [-0.2, 0) is 10.8 Å². The second-order valence-electron chi connectivity index (χ2n) is 7.32. The number of hydrogen-bond acceptors (Lipinski definition) is 4. The summed E-state index contributed by atoms with van der Waals surface area (Å²) in [5.41, 5.74) is 2.78. The van der Waals surface area contributed by atoms with Crippen LogP contribution in [0.1, 0.15) is 43.9 Å². The molecule has 0 bridgehead atoms. The van der Waals surface area contributed by atoms with E-state index in [1.165, 1.54) is 5.56 Å². The fourth-order valence-corrected chi connectivity index (χ4v) is 4.22. The second kappa shape index (κ2) is 5.33. The van der Waals surface area contributed by atoms with Crippen LogP contribution < -0.4 is 9.47 Å². The fourth-order valence-electron chi connectivity index (χ4n) is 4.22. The summed E-state index contributed by atoms with van der Waals surface area (Å²) in [5, 5.41) is 20.2. The Morgan fingerprint density at radius 2 is 1.58 bits per heavy atom. The molecule has 1 atom stereocenters. The lowest BCUT2D eigenvalue weighted by molar-refractivity contribution is 0.357. The Balaban J connectivity index is 2.29. The van der Waals surface area contributed by atoms with E-state index in [0.29, 0.717) is 11.5 Å². The maximum atomic E-state index is 10.3. The van der Waals surface area contributed by atoms with Crippen molar-refractivity contribution in [1.29, 1.82) is 0 Å². The average Bonchev–Trinajstić information content (AvgIpc) is 2.75. The van der Waals surface area contributed by atoms with Gasteiger partial charge in [-0.3, -0.25) is 0 Å². The summed E-state index contributed by atoms with van der Waals surface area (Å²) in [5.74, 6) is 1.22. The predicted octanol–water partition coefficient (Wildman–Crippen LogP) is 4.10. The Kier molecular flexibility index (Phi) is 3.67. The highest BCUT2D eigenvalue weighted by Gasteiger charge is 2.48. The zero-order chi connectivity index (χ0) is 17.7. The smallest absolute Gasteiger partial charge is 0.164 e. The van der Waals surface area contributed by atoms with Crippen LogP contribution in [0, 0.1) is 0 Å². The Hall–Kier alpha value is -2.36. The molecule has 2 aromatic rings. The van der Waals surface area contributed by atoms with Gasteiger partial charge in [0.15, 0.2) is 23.0 Å². The number of aromatic hydroxyl groups is 2. The van der Waals surface area contributed by atoms with E-state index >= 15 is 0 Å². The minimum absolute atomic E-state index is 0.0593. The molecule has 4 heteroatoms. The first kappa shape index (κ1) is 16.5. The molecule has 0 saturated carbocycles. The first-order valence-corrected chi connectivity index (χ1v) is 8.03. The summed E-state index contributed by atoms with van der Waals surface area (Å²) in [4.78, 5) is 0. The molecule has 0 heterocycles. The highest BCUT2D eigenvalue weighted by molar-refractivity contribution is 5.63. The van der Waals surface area contributed by atoms with Gasteiger partial charge in [0.2, 0.25) is 0 Å². The maximum absolute atomic E-state index is 10.3. The molecule has 0 spiro atoms. The van der Waals surface area contributed by atoms with Gasteiger partial charge in [-0.2, -0.15) is 0 Å². The molecule has 4 nitrogen and oxygen atoms in total. The Morgan fingerprint density at radius 3 is 2.21 bits per heavy atom. The van der Waals surface area contributed by atoms with E-state index in [1.54, 1.807) is 26.4 Å². The van der Waals surface area contributed by atoms with E-state index in [9.17, 15) is 10.2 Å². The van der Waals surface area contributed by atoms with Gasteiger partial charge in [0.1, 0.15) is 0 Å². The van der Waals surface area contributed by atoms with Crippen LogP contribution in [-0.4, -0.2) is 24.4 Å². The lowest BCUT2D eigenvalue weighted by Crippen LogP contribution is -2.24. The first-order valence-electron chi connectivity index (χ1n) is 8.03. The van der Waals surface area contributed by atoms with Gasteiger partial charge in [-0.05, 0) is 41.2 Å². The van der Waals surface area contributed by atoms with Crippen molar-refractivity contribution in [3.8, 4) is 23.0 Å². The van der Waals surface area contributed by atoms with Crippen molar-refractivity contribution in [2.75, 3.05) is 14.2 Å². The Labute approximate surface area is 142 Å². The fraction of sp³-hybridized carbons (Fsp3) is 0.400. The summed E-state index contributed by atoms with van der Waals surface area (Å²) in [6, 6.07) is 9.11. The number of phenols is 2. The largest absolute Gasteiger partial charge is 0.504 e. The lowest BCUT2D eigenvalue weighted by atomic mass is 9.74. The van der Waals surface area contributed by atoms with Crippen molar-refractivity contribution >= 4 is 0 Å². The SMILES string of the molecule is COc1cc(C2(C)CC(C)(C)c3ccc(O)c(OC)c32)ccc1O. The normalized spacial score (nSPS) is 21.4. The zero-order valence-corrected chi connectivity index (χ0v) is 14.8. The van der Waals surface area contributed by atoms with E-state index in [1.807, 2.05) is 18.2 Å². The minimum atomic E-state index is -0.357. The number of ether oxygens (including phenoxy) is 2. The van der Waals surface area contributed by atoms with Crippen molar-refractivity contribution in [1.82, 2.24) is 0 Å². The standard InChI is InChI=1S/C20H24O4/c1-19(2)11-20(3,12-6-8-14(21)16(10-12)23-4)17-13(19)7-9-15(22)18(17)24-5/h6-10,21-22H,11H2,1-5H3. The van der Waals surface area contributed by atoms with Crippen molar-refractivity contribution in [2.24, 2.45) is 0 Å². The van der Waals surface area contributed by atoms with Gasteiger partial charge in [0.25, 0.3) is 0 Å². The number of hydrogen-bond donors (Lipinski definition) is 2. The van der Waals surface area contributed by atoms with Gasteiger partial charge in [-0.1, -0.05) is 32.9 Å². The third-order valence-electron chi connectivity index (χ3n) is 5.23. The van der Waals surface area contributed by atoms with Gasteiger partial charge in [-0.25, -0.2) is 0 Å². The molecule has 0 amide bonds. The third kappa shape index (κ3) is 2.20. The van der Waals surface area contributed by atoms with E-state index in [4.69, 9.17) is 9.47 Å². The number of methoxy groups -OCH3 is 2. The number of benzene rings is 2. The van der Waals surface area contributed by atoms with E-state index in [-0.39, 0.29) is 22.3 Å². The molecule has 1 aliphatic rings. The Morgan fingerprint density at radius 1 is 0.917 bits per heavy atom. The molecular formula is C20H24O4. The third-order valence-corrected chi connectivity index (χ3v) is 5.23. The van der Waals surface area contributed by atoms with E-state index in [2.05, 4.69) is 20.8 Å². The molecule has 128 valence electrons. The van der Waals surface area contributed by atoms with Gasteiger partial charge in [-0.15, -0.1) is 0 Å². The van der Waals surface area contributed by atoms with Crippen molar-refractivity contribution in [3.63, 3.8) is 0 Å². The summed E-state index contributed by atoms with van der Waals surface area (Å²) < 4.78 is 10.8. The van der Waals surface area contributed by atoms with Crippen LogP contribution >= 0.6 is 0 Å². The lowest BCUT2D eigenvalue weighted by Gasteiger charge is -2.29. The molecule has 1 aliphatic carbocycles. The zero-order valence-electron chi connectivity index (χ0n) is 14.8. The summed E-state index contributed by atoms with van der Waals surface area (Å²) >= 11 is 0. The molecule has 24 heavy (non-hydrogen) atoms.